The molecule has 4 rings (SSSR count). The van der Waals surface area contributed by atoms with Gasteiger partial charge in [-0.1, -0.05) is 42.8 Å². The molecule has 35 heavy (non-hydrogen) atoms. The lowest BCUT2D eigenvalue weighted by molar-refractivity contribution is -0.137. The lowest BCUT2D eigenvalue weighted by atomic mass is 9.98. The third kappa shape index (κ3) is 6.18. The van der Waals surface area contributed by atoms with E-state index in [4.69, 9.17) is 14.8 Å². The molecule has 1 aliphatic rings. The van der Waals surface area contributed by atoms with Gasteiger partial charge in [0.2, 0.25) is 0 Å². The highest BCUT2D eigenvalue weighted by Crippen LogP contribution is 2.37. The molecule has 0 fully saturated rings. The van der Waals surface area contributed by atoms with E-state index in [1.54, 1.807) is 0 Å². The van der Waals surface area contributed by atoms with Gasteiger partial charge in [-0.05, 0) is 68.7 Å². The van der Waals surface area contributed by atoms with Crippen molar-refractivity contribution in [3.05, 3.63) is 70.9 Å². The van der Waals surface area contributed by atoms with Crippen LogP contribution in [0.2, 0.25) is 0 Å². The molecule has 3 aromatic rings. The normalized spacial score (nSPS) is 14.5. The Hall–Kier alpha value is -3.41. The number of aliphatic carboxylic acids is 1. The monoisotopic (exact) mass is 473 g/mol. The number of nitrogens with zero attached hydrogens (tertiary/aromatic N) is 3. The summed E-state index contributed by atoms with van der Waals surface area (Å²) < 4.78 is 6.07. The number of benzene rings is 2. The molecule has 6 heteroatoms. The first-order chi connectivity index (χ1) is 16.9. The van der Waals surface area contributed by atoms with Crippen molar-refractivity contribution in [1.82, 2.24) is 9.97 Å². The summed E-state index contributed by atoms with van der Waals surface area (Å²) in [5.74, 6) is 1.99. The van der Waals surface area contributed by atoms with Gasteiger partial charge < -0.3 is 14.7 Å². The van der Waals surface area contributed by atoms with Crippen molar-refractivity contribution in [3.63, 3.8) is 0 Å². The number of hydrogen-bond donors (Lipinski definition) is 1. The van der Waals surface area contributed by atoms with Crippen molar-refractivity contribution in [2.75, 3.05) is 24.6 Å². The van der Waals surface area contributed by atoms with Crippen LogP contribution in [0.25, 0.3) is 11.4 Å². The zero-order valence-corrected chi connectivity index (χ0v) is 21.0. The Labute approximate surface area is 208 Å². The van der Waals surface area contributed by atoms with E-state index in [-0.39, 0.29) is 12.3 Å². The van der Waals surface area contributed by atoms with Crippen LogP contribution in [0.4, 0.5) is 5.82 Å². The second-order valence-electron chi connectivity index (χ2n) is 9.45. The summed E-state index contributed by atoms with van der Waals surface area (Å²) in [5, 5.41) is 9.13. The molecule has 1 N–H and O–H groups in total. The summed E-state index contributed by atoms with van der Waals surface area (Å²) in [5.41, 5.74) is 5.71. The predicted molar refractivity (Wildman–Crippen MR) is 139 cm³/mol. The van der Waals surface area contributed by atoms with Gasteiger partial charge in [-0.3, -0.25) is 4.79 Å². The second-order valence-corrected chi connectivity index (χ2v) is 9.45. The Balaban J connectivity index is 1.37. The van der Waals surface area contributed by atoms with Crippen molar-refractivity contribution in [2.45, 2.75) is 58.8 Å². The molecule has 0 bridgehead atoms. The van der Waals surface area contributed by atoms with Crippen molar-refractivity contribution >= 4 is 11.8 Å². The SMILES string of the molecule is CCCN(CCCOc1ccc2c(c1)CC[C@H]2CC(=O)O)c1nc(-c2ccc(C)cc2)ncc1C. The van der Waals surface area contributed by atoms with Crippen LogP contribution >= 0.6 is 0 Å². The van der Waals surface area contributed by atoms with Gasteiger partial charge in [0.1, 0.15) is 11.6 Å². The Morgan fingerprint density at radius 2 is 1.94 bits per heavy atom. The average Bonchev–Trinajstić information content (AvgIpc) is 3.23. The quantitative estimate of drug-likeness (QED) is 0.347. The van der Waals surface area contributed by atoms with Gasteiger partial charge in [0, 0.05) is 30.4 Å². The van der Waals surface area contributed by atoms with Crippen LogP contribution in [0, 0.1) is 13.8 Å². The molecule has 0 aliphatic heterocycles. The molecule has 0 spiro atoms. The Morgan fingerprint density at radius 3 is 2.69 bits per heavy atom. The third-order valence-electron chi connectivity index (χ3n) is 6.63. The van der Waals surface area contributed by atoms with Gasteiger partial charge in [0.05, 0.1) is 13.0 Å². The average molecular weight is 474 g/mol. The smallest absolute Gasteiger partial charge is 0.303 e. The molecular formula is C29H35N3O3. The number of carbonyl (C=O) groups is 1. The van der Waals surface area contributed by atoms with E-state index in [0.29, 0.717) is 6.61 Å². The van der Waals surface area contributed by atoms with E-state index < -0.39 is 5.97 Å². The Bertz CT molecular complexity index is 1160. The van der Waals surface area contributed by atoms with Gasteiger partial charge >= 0.3 is 5.97 Å². The molecule has 6 nitrogen and oxygen atoms in total. The third-order valence-corrected chi connectivity index (χ3v) is 6.63. The summed E-state index contributed by atoms with van der Waals surface area (Å²) in [4.78, 5) is 22.9. The number of ether oxygens (including phenoxy) is 1. The topological polar surface area (TPSA) is 75.5 Å². The molecule has 0 amide bonds. The standard InChI is InChI=1S/C29H35N3O3/c1-4-14-32(29-21(3)19-30-28(31-29)22-8-6-20(2)7-9-22)15-5-16-35-25-12-13-26-23(17-25)10-11-24(26)18-27(33)34/h6-9,12-13,17,19,24H,4-5,10-11,14-16,18H2,1-3H3,(H,33,34)/t24-/m0/s1. The Morgan fingerprint density at radius 1 is 1.14 bits per heavy atom. The highest BCUT2D eigenvalue weighted by molar-refractivity contribution is 5.68. The molecular weight excluding hydrogens is 438 g/mol. The van der Waals surface area contributed by atoms with E-state index in [1.165, 1.54) is 11.1 Å². The maximum absolute atomic E-state index is 11.1. The first-order valence-electron chi connectivity index (χ1n) is 12.6. The Kier molecular flexibility index (Phi) is 8.01. The molecule has 1 atom stereocenters. The lowest BCUT2D eigenvalue weighted by Crippen LogP contribution is -2.28. The van der Waals surface area contributed by atoms with Gasteiger partial charge in [0.15, 0.2) is 5.82 Å². The fourth-order valence-corrected chi connectivity index (χ4v) is 4.83. The minimum Gasteiger partial charge on any atom is -0.494 e. The van der Waals surface area contributed by atoms with E-state index in [2.05, 4.69) is 61.0 Å². The minimum atomic E-state index is -0.732. The second kappa shape index (κ2) is 11.3. The first kappa shape index (κ1) is 24.7. The van der Waals surface area contributed by atoms with Crippen LogP contribution in [0.15, 0.2) is 48.7 Å². The van der Waals surface area contributed by atoms with Crippen molar-refractivity contribution in [1.29, 1.82) is 0 Å². The van der Waals surface area contributed by atoms with Crippen molar-refractivity contribution in [2.24, 2.45) is 0 Å². The largest absolute Gasteiger partial charge is 0.494 e. The molecule has 0 unspecified atom stereocenters. The molecule has 0 saturated heterocycles. The van der Waals surface area contributed by atoms with E-state index in [9.17, 15) is 4.79 Å². The number of aryl methyl sites for hydroxylation is 3. The number of anilines is 1. The molecule has 0 saturated carbocycles. The summed E-state index contributed by atoms with van der Waals surface area (Å²) in [6, 6.07) is 14.4. The summed E-state index contributed by atoms with van der Waals surface area (Å²) in [7, 11) is 0. The number of carboxylic acid groups (broad SMARTS) is 1. The molecule has 1 aromatic heterocycles. The number of fused-ring (bicyclic) bond motifs is 1. The number of aromatic nitrogens is 2. The zero-order chi connectivity index (χ0) is 24.8. The van der Waals surface area contributed by atoms with Crippen LogP contribution in [0.1, 0.15) is 60.8 Å². The van der Waals surface area contributed by atoms with Gasteiger partial charge in [-0.2, -0.15) is 0 Å². The van der Waals surface area contributed by atoms with Gasteiger partial charge in [0.25, 0.3) is 0 Å². The van der Waals surface area contributed by atoms with E-state index in [0.717, 1.165) is 72.9 Å². The van der Waals surface area contributed by atoms with Crippen molar-refractivity contribution < 1.29 is 14.6 Å². The summed E-state index contributed by atoms with van der Waals surface area (Å²) in [6.45, 7) is 8.72. The molecule has 2 aromatic carbocycles. The van der Waals surface area contributed by atoms with Crippen LogP contribution in [-0.2, 0) is 11.2 Å². The number of rotatable bonds is 11. The fraction of sp³-hybridized carbons (Fsp3) is 0.414. The fourth-order valence-electron chi connectivity index (χ4n) is 4.83. The van der Waals surface area contributed by atoms with E-state index >= 15 is 0 Å². The molecule has 1 aliphatic carbocycles. The van der Waals surface area contributed by atoms with Crippen LogP contribution in [0.5, 0.6) is 5.75 Å². The zero-order valence-electron chi connectivity index (χ0n) is 21.0. The van der Waals surface area contributed by atoms with Crippen LogP contribution in [-0.4, -0.2) is 40.7 Å². The van der Waals surface area contributed by atoms with Gasteiger partial charge in [-0.15, -0.1) is 0 Å². The number of carboxylic acids is 1. The van der Waals surface area contributed by atoms with Gasteiger partial charge in [-0.25, -0.2) is 9.97 Å². The molecule has 1 heterocycles. The molecule has 0 radical (unpaired) electrons. The maximum Gasteiger partial charge on any atom is 0.303 e. The highest BCUT2D eigenvalue weighted by atomic mass is 16.5. The maximum atomic E-state index is 11.1. The van der Waals surface area contributed by atoms with Crippen molar-refractivity contribution in [3.8, 4) is 17.1 Å². The first-order valence-corrected chi connectivity index (χ1v) is 12.6. The lowest BCUT2D eigenvalue weighted by Gasteiger charge is -2.25. The summed E-state index contributed by atoms with van der Waals surface area (Å²) in [6.07, 6.45) is 5.85. The van der Waals surface area contributed by atoms with Crippen LogP contribution < -0.4 is 9.64 Å². The predicted octanol–water partition coefficient (Wildman–Crippen LogP) is 5.95. The molecule has 184 valence electrons. The summed E-state index contributed by atoms with van der Waals surface area (Å²) >= 11 is 0. The minimum absolute atomic E-state index is 0.125. The van der Waals surface area contributed by atoms with Crippen LogP contribution in [0.3, 0.4) is 0 Å². The van der Waals surface area contributed by atoms with E-state index in [1.807, 2.05) is 18.3 Å². The highest BCUT2D eigenvalue weighted by Gasteiger charge is 2.25. The number of hydrogen-bond acceptors (Lipinski definition) is 5.